The first-order valence-corrected chi connectivity index (χ1v) is 12.3. The lowest BCUT2D eigenvalue weighted by atomic mass is 10.0. The monoisotopic (exact) mass is 475 g/mol. The number of carbonyl (C=O) groups excluding carboxylic acids is 2. The Kier molecular flexibility index (Phi) is 7.82. The molecule has 2 atom stereocenters. The van der Waals surface area contributed by atoms with Gasteiger partial charge in [-0.1, -0.05) is 12.1 Å². The first-order valence-electron chi connectivity index (χ1n) is 11.4. The Morgan fingerprint density at radius 1 is 1.33 bits per heavy atom. The number of hydrogen-bond donors (Lipinski definition) is 1. The zero-order chi connectivity index (χ0) is 23.2. The summed E-state index contributed by atoms with van der Waals surface area (Å²) in [7, 11) is 0. The van der Waals surface area contributed by atoms with Gasteiger partial charge in [-0.05, 0) is 55.3 Å². The highest BCUT2D eigenvalue weighted by atomic mass is 32.1. The van der Waals surface area contributed by atoms with E-state index in [-0.39, 0.29) is 43.0 Å². The minimum atomic E-state index is -0.435. The van der Waals surface area contributed by atoms with E-state index in [9.17, 15) is 14.0 Å². The zero-order valence-electron chi connectivity index (χ0n) is 18.8. The molecule has 2 aliphatic heterocycles. The predicted octanol–water partition coefficient (Wildman–Crippen LogP) is 3.60. The highest BCUT2D eigenvalue weighted by molar-refractivity contribution is 7.10. The van der Waals surface area contributed by atoms with Crippen molar-refractivity contribution in [3.63, 3.8) is 0 Å². The summed E-state index contributed by atoms with van der Waals surface area (Å²) in [5.74, 6) is -0.427. The Labute approximate surface area is 197 Å². The van der Waals surface area contributed by atoms with Gasteiger partial charge in [-0.2, -0.15) is 0 Å². The van der Waals surface area contributed by atoms with Crippen LogP contribution in [0.3, 0.4) is 0 Å². The van der Waals surface area contributed by atoms with Crippen molar-refractivity contribution in [1.82, 2.24) is 15.1 Å². The molecule has 0 saturated carbocycles. The number of nitrogens with zero attached hydrogens (tertiary/aromatic N) is 2. The van der Waals surface area contributed by atoms with Crippen molar-refractivity contribution < 1.29 is 23.5 Å². The number of amides is 3. The molecule has 2 aromatic rings. The lowest BCUT2D eigenvalue weighted by molar-refractivity contribution is -0.135. The number of carbonyl (C=O) groups is 2. The lowest BCUT2D eigenvalue weighted by Crippen LogP contribution is -2.51. The number of para-hydroxylation sites is 1. The Morgan fingerprint density at radius 2 is 2.18 bits per heavy atom. The quantitative estimate of drug-likeness (QED) is 0.633. The Hall–Kier alpha value is -2.65. The first-order chi connectivity index (χ1) is 16.1. The van der Waals surface area contributed by atoms with Crippen molar-refractivity contribution >= 4 is 23.3 Å². The number of nitrogens with one attached hydrogen (secondary N) is 1. The molecule has 3 heterocycles. The number of ether oxygens (including phenoxy) is 2. The van der Waals surface area contributed by atoms with E-state index >= 15 is 0 Å². The van der Waals surface area contributed by atoms with Gasteiger partial charge in [0.25, 0.3) is 0 Å². The van der Waals surface area contributed by atoms with Gasteiger partial charge < -0.3 is 24.6 Å². The SMILES string of the molecule is CCNC(=O)N(CC(=O)N1CCc2sccc2[C@H]1COc1ccccc1F)C[C@H]1CCCO1. The molecule has 1 saturated heterocycles. The molecule has 178 valence electrons. The average Bonchev–Trinajstić information content (AvgIpc) is 3.50. The van der Waals surface area contributed by atoms with Crippen LogP contribution in [0, 0.1) is 5.82 Å². The number of urea groups is 1. The van der Waals surface area contributed by atoms with Crippen LogP contribution in [0.4, 0.5) is 9.18 Å². The third-order valence-electron chi connectivity index (χ3n) is 6.04. The largest absolute Gasteiger partial charge is 0.488 e. The molecule has 0 radical (unpaired) electrons. The van der Waals surface area contributed by atoms with E-state index in [4.69, 9.17) is 9.47 Å². The van der Waals surface area contributed by atoms with Crippen LogP contribution in [-0.4, -0.2) is 67.2 Å². The van der Waals surface area contributed by atoms with E-state index in [0.29, 0.717) is 26.2 Å². The summed E-state index contributed by atoms with van der Waals surface area (Å²) < 4.78 is 25.6. The van der Waals surface area contributed by atoms with E-state index in [0.717, 1.165) is 24.8 Å². The summed E-state index contributed by atoms with van der Waals surface area (Å²) in [6.45, 7) is 4.03. The van der Waals surface area contributed by atoms with Crippen molar-refractivity contribution in [3.05, 3.63) is 52.0 Å². The predicted molar refractivity (Wildman–Crippen MR) is 124 cm³/mol. The molecular formula is C24H30FN3O4S. The van der Waals surface area contributed by atoms with Crippen molar-refractivity contribution in [2.75, 3.05) is 39.4 Å². The maximum Gasteiger partial charge on any atom is 0.317 e. The smallest absolute Gasteiger partial charge is 0.317 e. The summed E-state index contributed by atoms with van der Waals surface area (Å²) in [6, 6.07) is 7.65. The van der Waals surface area contributed by atoms with Crippen LogP contribution in [0.25, 0.3) is 0 Å². The molecule has 1 aromatic carbocycles. The minimum Gasteiger partial charge on any atom is -0.488 e. The molecule has 0 bridgehead atoms. The van der Waals surface area contributed by atoms with Gasteiger partial charge in [0.1, 0.15) is 13.2 Å². The van der Waals surface area contributed by atoms with Gasteiger partial charge in [0, 0.05) is 31.1 Å². The van der Waals surface area contributed by atoms with Gasteiger partial charge in [0.05, 0.1) is 12.1 Å². The molecule has 3 amide bonds. The van der Waals surface area contributed by atoms with E-state index in [1.54, 1.807) is 39.3 Å². The Morgan fingerprint density at radius 3 is 2.94 bits per heavy atom. The molecule has 1 fully saturated rings. The molecule has 1 aromatic heterocycles. The second-order valence-corrected chi connectivity index (χ2v) is 9.25. The molecule has 0 spiro atoms. The molecule has 33 heavy (non-hydrogen) atoms. The fourth-order valence-corrected chi connectivity index (χ4v) is 5.30. The fourth-order valence-electron chi connectivity index (χ4n) is 4.38. The van der Waals surface area contributed by atoms with E-state index in [1.807, 2.05) is 18.4 Å². The number of fused-ring (bicyclic) bond motifs is 1. The van der Waals surface area contributed by atoms with Crippen LogP contribution in [-0.2, 0) is 16.0 Å². The highest BCUT2D eigenvalue weighted by Crippen LogP contribution is 2.34. The highest BCUT2D eigenvalue weighted by Gasteiger charge is 2.34. The van der Waals surface area contributed by atoms with Crippen LogP contribution in [0.5, 0.6) is 5.75 Å². The van der Waals surface area contributed by atoms with Crippen molar-refractivity contribution in [2.24, 2.45) is 0 Å². The number of rotatable bonds is 8. The number of benzene rings is 1. The zero-order valence-corrected chi connectivity index (χ0v) is 19.6. The van der Waals surface area contributed by atoms with E-state index in [2.05, 4.69) is 5.32 Å². The van der Waals surface area contributed by atoms with Crippen molar-refractivity contribution in [2.45, 2.75) is 38.3 Å². The average molecular weight is 476 g/mol. The van der Waals surface area contributed by atoms with E-state index < -0.39 is 5.82 Å². The Bertz CT molecular complexity index is 963. The van der Waals surface area contributed by atoms with Crippen LogP contribution in [0.2, 0.25) is 0 Å². The molecule has 4 rings (SSSR count). The molecular weight excluding hydrogens is 445 g/mol. The molecule has 0 aliphatic carbocycles. The van der Waals surface area contributed by atoms with Gasteiger partial charge in [-0.15, -0.1) is 11.3 Å². The number of hydrogen-bond acceptors (Lipinski definition) is 5. The number of thiophene rings is 1. The van der Waals surface area contributed by atoms with Gasteiger partial charge in [0.15, 0.2) is 11.6 Å². The fraction of sp³-hybridized carbons (Fsp3) is 0.500. The summed E-state index contributed by atoms with van der Waals surface area (Å²) in [4.78, 5) is 30.6. The first kappa shape index (κ1) is 23.5. The minimum absolute atomic E-state index is 0.0403. The number of halogens is 1. The Balaban J connectivity index is 1.49. The summed E-state index contributed by atoms with van der Waals surface area (Å²) in [5, 5.41) is 4.81. The van der Waals surface area contributed by atoms with Gasteiger partial charge in [-0.25, -0.2) is 9.18 Å². The standard InChI is InChI=1S/C24H30FN3O4S/c1-2-26-24(30)27(14-17-6-5-12-31-17)15-23(29)28-11-9-22-18(10-13-33-22)20(28)16-32-21-8-4-3-7-19(21)25/h3-4,7-8,10,13,17,20H,2,5-6,9,11-12,14-16H2,1H3,(H,26,30)/t17-,20-/m1/s1. The summed E-state index contributed by atoms with van der Waals surface area (Å²) >= 11 is 1.66. The van der Waals surface area contributed by atoms with E-state index in [1.165, 1.54) is 10.9 Å². The molecule has 0 unspecified atom stereocenters. The van der Waals surface area contributed by atoms with Crippen molar-refractivity contribution in [1.29, 1.82) is 0 Å². The van der Waals surface area contributed by atoms with Gasteiger partial charge >= 0.3 is 6.03 Å². The molecule has 2 aliphatic rings. The second-order valence-electron chi connectivity index (χ2n) is 8.24. The molecule has 1 N–H and O–H groups in total. The second kappa shape index (κ2) is 11.0. The van der Waals surface area contributed by atoms with Gasteiger partial charge in [-0.3, -0.25) is 4.79 Å². The van der Waals surface area contributed by atoms with Gasteiger partial charge in [0.2, 0.25) is 5.91 Å². The maximum absolute atomic E-state index is 14.1. The topological polar surface area (TPSA) is 71.1 Å². The van der Waals surface area contributed by atoms with Crippen LogP contribution in [0.1, 0.15) is 36.2 Å². The molecule has 9 heteroatoms. The third kappa shape index (κ3) is 5.65. The van der Waals surface area contributed by atoms with Crippen LogP contribution < -0.4 is 10.1 Å². The summed E-state index contributed by atoms with van der Waals surface area (Å²) in [6.07, 6.45) is 2.54. The third-order valence-corrected chi connectivity index (χ3v) is 7.03. The van der Waals surface area contributed by atoms with Crippen LogP contribution in [0.15, 0.2) is 35.7 Å². The maximum atomic E-state index is 14.1. The lowest BCUT2D eigenvalue weighted by Gasteiger charge is -2.37. The normalized spacial score (nSPS) is 19.8. The van der Waals surface area contributed by atoms with Crippen molar-refractivity contribution in [3.8, 4) is 5.75 Å². The molecule has 7 nitrogen and oxygen atoms in total. The van der Waals surface area contributed by atoms with Crippen LogP contribution >= 0.6 is 11.3 Å². The summed E-state index contributed by atoms with van der Waals surface area (Å²) in [5.41, 5.74) is 1.03.